The molecular weight excluding hydrogens is 240 g/mol. The number of rotatable bonds is 2. The SMILES string of the molecule is CC1CCN(c2ccc(Cl)cc2C(N)=S)C1. The highest BCUT2D eigenvalue weighted by atomic mass is 35.5. The zero-order valence-corrected chi connectivity index (χ0v) is 10.8. The number of halogens is 1. The number of nitrogens with zero attached hydrogens (tertiary/aromatic N) is 1. The Balaban J connectivity index is 2.36. The van der Waals surface area contributed by atoms with E-state index in [1.54, 1.807) is 0 Å². The van der Waals surface area contributed by atoms with Gasteiger partial charge < -0.3 is 10.6 Å². The highest BCUT2D eigenvalue weighted by Crippen LogP contribution is 2.29. The number of thiocarbonyl (C=S) groups is 1. The normalized spacial score (nSPS) is 20.1. The monoisotopic (exact) mass is 254 g/mol. The first kappa shape index (κ1) is 11.7. The molecule has 0 amide bonds. The van der Waals surface area contributed by atoms with Crippen molar-refractivity contribution in [2.24, 2.45) is 11.7 Å². The molecule has 16 heavy (non-hydrogen) atoms. The molecule has 2 rings (SSSR count). The lowest BCUT2D eigenvalue weighted by molar-refractivity contribution is 0.659. The van der Waals surface area contributed by atoms with Crippen LogP contribution in [0.3, 0.4) is 0 Å². The Bertz CT molecular complexity index is 419. The van der Waals surface area contributed by atoms with Gasteiger partial charge in [0.25, 0.3) is 0 Å². The second-order valence-corrected chi connectivity index (χ2v) is 5.24. The standard InChI is InChI=1S/C12H15ClN2S/c1-8-4-5-15(7-8)11-3-2-9(13)6-10(11)12(14)16/h2-3,6,8H,4-5,7H2,1H3,(H2,14,16). The second kappa shape index (κ2) is 4.60. The van der Waals surface area contributed by atoms with Crippen LogP contribution in [0, 0.1) is 5.92 Å². The molecule has 0 saturated carbocycles. The molecule has 0 radical (unpaired) electrons. The van der Waals surface area contributed by atoms with Crippen LogP contribution in [0.5, 0.6) is 0 Å². The lowest BCUT2D eigenvalue weighted by Gasteiger charge is -2.21. The van der Waals surface area contributed by atoms with Gasteiger partial charge in [0.2, 0.25) is 0 Å². The Morgan fingerprint density at radius 1 is 1.56 bits per heavy atom. The number of benzene rings is 1. The molecule has 1 unspecified atom stereocenters. The zero-order chi connectivity index (χ0) is 11.7. The average Bonchev–Trinajstić information content (AvgIpc) is 2.64. The van der Waals surface area contributed by atoms with Crippen molar-refractivity contribution in [3.63, 3.8) is 0 Å². The summed E-state index contributed by atoms with van der Waals surface area (Å²) in [5.41, 5.74) is 7.73. The minimum absolute atomic E-state index is 0.414. The smallest absolute Gasteiger partial charge is 0.106 e. The molecule has 1 heterocycles. The van der Waals surface area contributed by atoms with Gasteiger partial charge in [-0.3, -0.25) is 0 Å². The molecule has 1 saturated heterocycles. The molecule has 0 aliphatic carbocycles. The highest BCUT2D eigenvalue weighted by Gasteiger charge is 2.21. The molecule has 86 valence electrons. The fourth-order valence-electron chi connectivity index (χ4n) is 2.14. The maximum atomic E-state index is 5.96. The van der Waals surface area contributed by atoms with Gasteiger partial charge in [-0.15, -0.1) is 0 Å². The van der Waals surface area contributed by atoms with Crippen LogP contribution in [0.2, 0.25) is 5.02 Å². The van der Waals surface area contributed by atoms with Gasteiger partial charge in [-0.1, -0.05) is 30.7 Å². The van der Waals surface area contributed by atoms with Gasteiger partial charge in [0, 0.05) is 29.4 Å². The van der Waals surface area contributed by atoms with Crippen molar-refractivity contribution < 1.29 is 0 Å². The molecule has 2 nitrogen and oxygen atoms in total. The van der Waals surface area contributed by atoms with Crippen LogP contribution in [0.15, 0.2) is 18.2 Å². The molecule has 1 aromatic carbocycles. The molecule has 0 aromatic heterocycles. The van der Waals surface area contributed by atoms with Crippen molar-refractivity contribution >= 4 is 34.5 Å². The van der Waals surface area contributed by atoms with Gasteiger partial charge in [0.15, 0.2) is 0 Å². The van der Waals surface area contributed by atoms with Crippen molar-refractivity contribution in [3.05, 3.63) is 28.8 Å². The molecule has 1 fully saturated rings. The van der Waals surface area contributed by atoms with Crippen LogP contribution in [0.1, 0.15) is 18.9 Å². The van der Waals surface area contributed by atoms with Gasteiger partial charge in [0.05, 0.1) is 0 Å². The van der Waals surface area contributed by atoms with E-state index in [9.17, 15) is 0 Å². The van der Waals surface area contributed by atoms with E-state index >= 15 is 0 Å². The first-order valence-corrected chi connectivity index (χ1v) is 6.21. The predicted octanol–water partition coefficient (Wildman–Crippen LogP) is 2.82. The Kier molecular flexibility index (Phi) is 3.36. The van der Waals surface area contributed by atoms with Crippen LogP contribution < -0.4 is 10.6 Å². The van der Waals surface area contributed by atoms with Crippen molar-refractivity contribution in [3.8, 4) is 0 Å². The Morgan fingerprint density at radius 2 is 2.31 bits per heavy atom. The topological polar surface area (TPSA) is 29.3 Å². The summed E-state index contributed by atoms with van der Waals surface area (Å²) in [7, 11) is 0. The molecule has 1 aliphatic heterocycles. The Labute approximate surface area is 106 Å². The van der Waals surface area contributed by atoms with E-state index in [1.807, 2.05) is 18.2 Å². The first-order valence-electron chi connectivity index (χ1n) is 5.42. The summed E-state index contributed by atoms with van der Waals surface area (Å²) in [6.07, 6.45) is 1.22. The number of anilines is 1. The third-order valence-electron chi connectivity index (χ3n) is 2.99. The van der Waals surface area contributed by atoms with Gasteiger partial charge in [0.1, 0.15) is 4.99 Å². The van der Waals surface area contributed by atoms with Crippen molar-refractivity contribution in [1.29, 1.82) is 0 Å². The van der Waals surface area contributed by atoms with Gasteiger partial charge >= 0.3 is 0 Å². The molecule has 1 aliphatic rings. The summed E-state index contributed by atoms with van der Waals surface area (Å²) in [5.74, 6) is 0.731. The van der Waals surface area contributed by atoms with Gasteiger partial charge in [-0.2, -0.15) is 0 Å². The second-order valence-electron chi connectivity index (χ2n) is 4.37. The third-order valence-corrected chi connectivity index (χ3v) is 3.44. The molecule has 1 aromatic rings. The molecule has 0 bridgehead atoms. The van der Waals surface area contributed by atoms with E-state index < -0.39 is 0 Å². The summed E-state index contributed by atoms with van der Waals surface area (Å²) in [4.78, 5) is 2.74. The number of nitrogens with two attached hydrogens (primary N) is 1. The Morgan fingerprint density at radius 3 is 2.88 bits per heavy atom. The quantitative estimate of drug-likeness (QED) is 0.823. The van der Waals surface area contributed by atoms with Crippen LogP contribution in [0.4, 0.5) is 5.69 Å². The number of hydrogen-bond acceptors (Lipinski definition) is 2. The summed E-state index contributed by atoms with van der Waals surface area (Å²) in [6, 6.07) is 5.75. The van der Waals surface area contributed by atoms with Crippen molar-refractivity contribution in [2.45, 2.75) is 13.3 Å². The lowest BCUT2D eigenvalue weighted by Crippen LogP contribution is -2.23. The van der Waals surface area contributed by atoms with Gasteiger partial charge in [-0.25, -0.2) is 0 Å². The highest BCUT2D eigenvalue weighted by molar-refractivity contribution is 7.80. The van der Waals surface area contributed by atoms with Crippen LogP contribution >= 0.6 is 23.8 Å². The zero-order valence-electron chi connectivity index (χ0n) is 9.24. The van der Waals surface area contributed by atoms with Crippen molar-refractivity contribution in [1.82, 2.24) is 0 Å². The lowest BCUT2D eigenvalue weighted by atomic mass is 10.1. The molecular formula is C12H15ClN2S. The molecule has 1 atom stereocenters. The fourth-order valence-corrected chi connectivity index (χ4v) is 2.47. The van der Waals surface area contributed by atoms with Crippen molar-refractivity contribution in [2.75, 3.05) is 18.0 Å². The first-order chi connectivity index (χ1) is 7.58. The summed E-state index contributed by atoms with van der Waals surface area (Å²) < 4.78 is 0. The fraction of sp³-hybridized carbons (Fsp3) is 0.417. The predicted molar refractivity (Wildman–Crippen MR) is 73.3 cm³/mol. The van der Waals surface area contributed by atoms with E-state index in [2.05, 4.69) is 11.8 Å². The van der Waals surface area contributed by atoms with Crippen LogP contribution in [-0.2, 0) is 0 Å². The van der Waals surface area contributed by atoms with E-state index in [-0.39, 0.29) is 0 Å². The molecule has 2 N–H and O–H groups in total. The molecule has 0 spiro atoms. The third kappa shape index (κ3) is 2.30. The van der Waals surface area contributed by atoms with Crippen LogP contribution in [-0.4, -0.2) is 18.1 Å². The maximum absolute atomic E-state index is 5.96. The Hall–Kier alpha value is -0.800. The van der Waals surface area contributed by atoms with E-state index in [0.29, 0.717) is 10.0 Å². The number of hydrogen-bond donors (Lipinski definition) is 1. The molecule has 4 heteroatoms. The van der Waals surface area contributed by atoms with E-state index in [1.165, 1.54) is 6.42 Å². The summed E-state index contributed by atoms with van der Waals surface area (Å²) in [5, 5.41) is 0.679. The minimum Gasteiger partial charge on any atom is -0.389 e. The average molecular weight is 255 g/mol. The summed E-state index contributed by atoms with van der Waals surface area (Å²) in [6.45, 7) is 4.39. The largest absolute Gasteiger partial charge is 0.389 e. The minimum atomic E-state index is 0.414. The van der Waals surface area contributed by atoms with E-state index in [0.717, 1.165) is 30.3 Å². The van der Waals surface area contributed by atoms with Crippen LogP contribution in [0.25, 0.3) is 0 Å². The van der Waals surface area contributed by atoms with E-state index in [4.69, 9.17) is 29.6 Å². The van der Waals surface area contributed by atoms with Gasteiger partial charge in [-0.05, 0) is 30.5 Å². The summed E-state index contributed by atoms with van der Waals surface area (Å²) >= 11 is 11.0. The maximum Gasteiger partial charge on any atom is 0.106 e.